The SMILES string of the molecule is CCc1ccc(CN(C)C(=O)COC(=O)CNC(=O)c2ccc(Cl)cc2)cc1. The van der Waals surface area contributed by atoms with Gasteiger partial charge in [0.25, 0.3) is 11.8 Å². The van der Waals surface area contributed by atoms with Crippen LogP contribution in [0.3, 0.4) is 0 Å². The number of nitrogens with zero attached hydrogens (tertiary/aromatic N) is 1. The van der Waals surface area contributed by atoms with Crippen molar-refractivity contribution < 1.29 is 19.1 Å². The Labute approximate surface area is 169 Å². The lowest BCUT2D eigenvalue weighted by Gasteiger charge is -2.17. The molecule has 0 aliphatic rings. The summed E-state index contributed by atoms with van der Waals surface area (Å²) in [5.41, 5.74) is 2.60. The molecule has 28 heavy (non-hydrogen) atoms. The number of carbonyl (C=O) groups is 3. The summed E-state index contributed by atoms with van der Waals surface area (Å²) in [6, 6.07) is 14.3. The van der Waals surface area contributed by atoms with Gasteiger partial charge in [-0.3, -0.25) is 14.4 Å². The number of carbonyl (C=O) groups excluding carboxylic acids is 3. The minimum atomic E-state index is -0.684. The van der Waals surface area contributed by atoms with Gasteiger partial charge in [-0.1, -0.05) is 42.8 Å². The van der Waals surface area contributed by atoms with Crippen LogP contribution in [0.15, 0.2) is 48.5 Å². The Hall–Kier alpha value is -2.86. The van der Waals surface area contributed by atoms with E-state index in [-0.39, 0.29) is 19.1 Å². The molecule has 2 rings (SSSR count). The maximum absolute atomic E-state index is 12.1. The molecule has 148 valence electrons. The van der Waals surface area contributed by atoms with Crippen molar-refractivity contribution in [3.05, 3.63) is 70.2 Å². The van der Waals surface area contributed by atoms with Gasteiger partial charge in [-0.05, 0) is 41.8 Å². The van der Waals surface area contributed by atoms with E-state index in [0.29, 0.717) is 17.1 Å². The van der Waals surface area contributed by atoms with Gasteiger partial charge in [0, 0.05) is 24.2 Å². The number of hydrogen-bond acceptors (Lipinski definition) is 4. The summed E-state index contributed by atoms with van der Waals surface area (Å²) in [7, 11) is 1.65. The van der Waals surface area contributed by atoms with Gasteiger partial charge in [0.2, 0.25) is 0 Å². The molecule has 0 heterocycles. The van der Waals surface area contributed by atoms with Crippen molar-refractivity contribution in [2.75, 3.05) is 20.2 Å². The highest BCUT2D eigenvalue weighted by Gasteiger charge is 2.14. The van der Waals surface area contributed by atoms with E-state index in [1.807, 2.05) is 24.3 Å². The number of benzene rings is 2. The zero-order chi connectivity index (χ0) is 20.5. The highest BCUT2D eigenvalue weighted by atomic mass is 35.5. The first kappa shape index (κ1) is 21.4. The average Bonchev–Trinajstić information content (AvgIpc) is 2.71. The number of ether oxygens (including phenoxy) is 1. The maximum Gasteiger partial charge on any atom is 0.325 e. The predicted molar refractivity (Wildman–Crippen MR) is 107 cm³/mol. The van der Waals surface area contributed by atoms with Crippen molar-refractivity contribution in [2.24, 2.45) is 0 Å². The molecule has 0 aliphatic heterocycles. The predicted octanol–water partition coefficient (Wildman–Crippen LogP) is 2.83. The second-order valence-corrected chi connectivity index (χ2v) is 6.71. The Kier molecular flexibility index (Phi) is 8.02. The van der Waals surface area contributed by atoms with E-state index in [9.17, 15) is 14.4 Å². The second-order valence-electron chi connectivity index (χ2n) is 6.27. The zero-order valence-corrected chi connectivity index (χ0v) is 16.7. The largest absolute Gasteiger partial charge is 0.454 e. The van der Waals surface area contributed by atoms with E-state index in [1.54, 1.807) is 31.3 Å². The number of halogens is 1. The van der Waals surface area contributed by atoms with Gasteiger partial charge >= 0.3 is 5.97 Å². The summed E-state index contributed by atoms with van der Waals surface area (Å²) < 4.78 is 4.94. The number of likely N-dealkylation sites (N-methyl/N-ethyl adjacent to an activating group) is 1. The molecule has 2 aromatic carbocycles. The molecule has 1 N–H and O–H groups in total. The van der Waals surface area contributed by atoms with E-state index in [4.69, 9.17) is 16.3 Å². The minimum Gasteiger partial charge on any atom is -0.454 e. The van der Waals surface area contributed by atoms with Gasteiger partial charge in [0.1, 0.15) is 6.54 Å². The second kappa shape index (κ2) is 10.5. The fraction of sp³-hybridized carbons (Fsp3) is 0.286. The van der Waals surface area contributed by atoms with Gasteiger partial charge in [0.05, 0.1) is 0 Å². The molecule has 0 unspecified atom stereocenters. The lowest BCUT2D eigenvalue weighted by Crippen LogP contribution is -2.34. The number of rotatable bonds is 8. The molecule has 0 fully saturated rings. The third-order valence-corrected chi connectivity index (χ3v) is 4.39. The Balaban J connectivity index is 1.72. The van der Waals surface area contributed by atoms with Gasteiger partial charge in [-0.25, -0.2) is 0 Å². The Morgan fingerprint density at radius 1 is 1.00 bits per heavy atom. The normalized spacial score (nSPS) is 10.2. The molecule has 2 amide bonds. The molecule has 2 aromatic rings. The highest BCUT2D eigenvalue weighted by Crippen LogP contribution is 2.09. The molecular formula is C21H23ClN2O4. The molecule has 0 atom stereocenters. The third-order valence-electron chi connectivity index (χ3n) is 4.13. The molecule has 0 bridgehead atoms. The standard InChI is InChI=1S/C21H23ClN2O4/c1-3-15-4-6-16(7-5-15)13-24(2)19(25)14-28-20(26)12-23-21(27)17-8-10-18(22)11-9-17/h4-11H,3,12-14H2,1-2H3,(H,23,27). The van der Waals surface area contributed by atoms with Crippen LogP contribution in [0, 0.1) is 0 Å². The van der Waals surface area contributed by atoms with Crippen LogP contribution in [0.1, 0.15) is 28.4 Å². The van der Waals surface area contributed by atoms with E-state index in [2.05, 4.69) is 12.2 Å². The summed E-state index contributed by atoms with van der Waals surface area (Å²) in [6.07, 6.45) is 0.958. The van der Waals surface area contributed by atoms with Crippen LogP contribution in [-0.2, 0) is 27.3 Å². The molecule has 0 saturated carbocycles. The fourth-order valence-corrected chi connectivity index (χ4v) is 2.53. The maximum atomic E-state index is 12.1. The molecule has 7 heteroatoms. The van der Waals surface area contributed by atoms with Crippen LogP contribution in [0.2, 0.25) is 5.02 Å². The highest BCUT2D eigenvalue weighted by molar-refractivity contribution is 6.30. The summed E-state index contributed by atoms with van der Waals surface area (Å²) in [5, 5.41) is 2.95. The minimum absolute atomic E-state index is 0.322. The lowest BCUT2D eigenvalue weighted by atomic mass is 10.1. The van der Waals surface area contributed by atoms with Gasteiger partial charge in [-0.2, -0.15) is 0 Å². The number of hydrogen-bond donors (Lipinski definition) is 1. The van der Waals surface area contributed by atoms with Crippen LogP contribution in [0.5, 0.6) is 0 Å². The number of aryl methyl sites for hydroxylation is 1. The van der Waals surface area contributed by atoms with Crippen molar-refractivity contribution in [3.63, 3.8) is 0 Å². The first-order valence-electron chi connectivity index (χ1n) is 8.90. The average molecular weight is 403 g/mol. The smallest absolute Gasteiger partial charge is 0.325 e. The van der Waals surface area contributed by atoms with E-state index in [0.717, 1.165) is 12.0 Å². The van der Waals surface area contributed by atoms with Gasteiger partial charge in [-0.15, -0.1) is 0 Å². The van der Waals surface area contributed by atoms with Crippen LogP contribution >= 0.6 is 11.6 Å². The van der Waals surface area contributed by atoms with Crippen LogP contribution in [0.4, 0.5) is 0 Å². The summed E-state index contributed by atoms with van der Waals surface area (Å²) in [4.78, 5) is 37.3. The summed E-state index contributed by atoms with van der Waals surface area (Å²) in [6.45, 7) is 1.81. The lowest BCUT2D eigenvalue weighted by molar-refractivity contribution is -0.150. The molecular weight excluding hydrogens is 380 g/mol. The molecule has 0 aliphatic carbocycles. The van der Waals surface area contributed by atoms with Crippen molar-refractivity contribution in [2.45, 2.75) is 19.9 Å². The zero-order valence-electron chi connectivity index (χ0n) is 15.9. The number of amides is 2. The van der Waals surface area contributed by atoms with Crippen LogP contribution in [-0.4, -0.2) is 42.9 Å². The van der Waals surface area contributed by atoms with Crippen molar-refractivity contribution in [3.8, 4) is 0 Å². The van der Waals surface area contributed by atoms with Crippen LogP contribution < -0.4 is 5.32 Å². The number of nitrogens with one attached hydrogen (secondary N) is 1. The van der Waals surface area contributed by atoms with Crippen molar-refractivity contribution in [1.29, 1.82) is 0 Å². The van der Waals surface area contributed by atoms with E-state index in [1.165, 1.54) is 10.5 Å². The molecule has 0 saturated heterocycles. The fourth-order valence-electron chi connectivity index (χ4n) is 2.40. The molecule has 0 radical (unpaired) electrons. The van der Waals surface area contributed by atoms with Crippen molar-refractivity contribution >= 4 is 29.4 Å². The van der Waals surface area contributed by atoms with Gasteiger partial charge < -0.3 is 15.0 Å². The first-order chi connectivity index (χ1) is 13.4. The summed E-state index contributed by atoms with van der Waals surface area (Å²) in [5.74, 6) is -1.43. The van der Waals surface area contributed by atoms with Gasteiger partial charge in [0.15, 0.2) is 6.61 Å². The molecule has 0 spiro atoms. The number of esters is 1. The third kappa shape index (κ3) is 6.70. The van der Waals surface area contributed by atoms with E-state index >= 15 is 0 Å². The van der Waals surface area contributed by atoms with Crippen molar-refractivity contribution in [1.82, 2.24) is 10.2 Å². The Bertz CT molecular complexity index is 819. The summed E-state index contributed by atoms with van der Waals surface area (Å²) >= 11 is 5.76. The van der Waals surface area contributed by atoms with Crippen LogP contribution in [0.25, 0.3) is 0 Å². The molecule has 6 nitrogen and oxygen atoms in total. The quantitative estimate of drug-likeness (QED) is 0.689. The topological polar surface area (TPSA) is 75.7 Å². The Morgan fingerprint density at radius 3 is 2.21 bits per heavy atom. The first-order valence-corrected chi connectivity index (χ1v) is 9.28. The molecule has 0 aromatic heterocycles. The monoisotopic (exact) mass is 402 g/mol. The Morgan fingerprint density at radius 2 is 1.61 bits per heavy atom. The van der Waals surface area contributed by atoms with E-state index < -0.39 is 11.9 Å².